The van der Waals surface area contributed by atoms with E-state index >= 15 is 0 Å². The first-order valence-corrected chi connectivity index (χ1v) is 15.1. The number of unbranched alkanes of at least 4 members (excludes halogenated alkanes) is 23. The average molecular weight is 450 g/mol. The second-order valence-corrected chi connectivity index (χ2v) is 10.6. The van der Waals surface area contributed by atoms with Gasteiger partial charge in [0.15, 0.2) is 0 Å². The van der Waals surface area contributed by atoms with Gasteiger partial charge in [-0.2, -0.15) is 0 Å². The topological polar surface area (TPSA) is 3.24 Å². The Bertz CT molecular complexity index is 346. The molecule has 0 aliphatic carbocycles. The third kappa shape index (κ3) is 29.7. The summed E-state index contributed by atoms with van der Waals surface area (Å²) in [6.07, 6.45) is 41.0. The number of hydrogen-bond acceptors (Lipinski definition) is 1. The molecular formula is C31H63N. The zero-order chi connectivity index (χ0) is 23.4. The van der Waals surface area contributed by atoms with Gasteiger partial charge in [0, 0.05) is 6.54 Å². The van der Waals surface area contributed by atoms with E-state index in [1.807, 2.05) is 0 Å². The molecule has 0 aromatic heterocycles. The summed E-state index contributed by atoms with van der Waals surface area (Å²) in [5.41, 5.74) is 0. The van der Waals surface area contributed by atoms with Gasteiger partial charge in [-0.1, -0.05) is 160 Å². The SMILES string of the molecule is CCCCCCCCCCCCCCCCCCCCCCCCC/C=C/CCN(C)C. The smallest absolute Gasteiger partial charge is 0.000980 e. The molecule has 0 aliphatic rings. The minimum atomic E-state index is 1.18. The van der Waals surface area contributed by atoms with Crippen molar-refractivity contribution in [2.24, 2.45) is 0 Å². The molecule has 0 rings (SSSR count). The van der Waals surface area contributed by atoms with Crippen molar-refractivity contribution in [1.82, 2.24) is 4.90 Å². The molecule has 32 heavy (non-hydrogen) atoms. The lowest BCUT2D eigenvalue weighted by Crippen LogP contribution is -2.11. The van der Waals surface area contributed by atoms with Crippen LogP contribution >= 0.6 is 0 Å². The van der Waals surface area contributed by atoms with E-state index in [4.69, 9.17) is 0 Å². The lowest BCUT2D eigenvalue weighted by molar-refractivity contribution is 0.417. The molecule has 0 spiro atoms. The summed E-state index contributed by atoms with van der Waals surface area (Å²) in [5, 5.41) is 0. The molecule has 0 saturated carbocycles. The standard InChI is InChI=1S/C31H63N/c1-4-5-6-7-8-9-10-11-12-13-14-15-16-17-18-19-20-21-22-23-24-25-26-27-28-29-30-31-32(2)3/h28-29H,4-27,30-31H2,1-3H3/b29-28+. The average Bonchev–Trinajstić information content (AvgIpc) is 2.78. The van der Waals surface area contributed by atoms with Gasteiger partial charge in [-0.25, -0.2) is 0 Å². The van der Waals surface area contributed by atoms with Crippen molar-refractivity contribution < 1.29 is 0 Å². The van der Waals surface area contributed by atoms with Crippen LogP contribution in [0.5, 0.6) is 0 Å². The summed E-state index contributed by atoms with van der Waals surface area (Å²) in [6, 6.07) is 0. The predicted octanol–water partition coefficient (Wildman–Crippen LogP) is 10.9. The lowest BCUT2D eigenvalue weighted by Gasteiger charge is -2.05. The van der Waals surface area contributed by atoms with Gasteiger partial charge in [-0.15, -0.1) is 0 Å². The normalized spacial score (nSPS) is 11.9. The summed E-state index contributed by atoms with van der Waals surface area (Å²) < 4.78 is 0. The maximum absolute atomic E-state index is 2.39. The Morgan fingerprint density at radius 3 is 0.969 bits per heavy atom. The van der Waals surface area contributed by atoms with Crippen molar-refractivity contribution in [3.8, 4) is 0 Å². The van der Waals surface area contributed by atoms with E-state index in [9.17, 15) is 0 Å². The van der Waals surface area contributed by atoms with Gasteiger partial charge in [0.25, 0.3) is 0 Å². The number of nitrogens with zero attached hydrogens (tertiary/aromatic N) is 1. The molecule has 0 atom stereocenters. The van der Waals surface area contributed by atoms with Gasteiger partial charge >= 0.3 is 0 Å². The third-order valence-corrected chi connectivity index (χ3v) is 6.88. The van der Waals surface area contributed by atoms with Crippen LogP contribution < -0.4 is 0 Å². The summed E-state index contributed by atoms with van der Waals surface area (Å²) in [6.45, 7) is 3.48. The van der Waals surface area contributed by atoms with Crippen molar-refractivity contribution in [2.75, 3.05) is 20.6 Å². The fourth-order valence-electron chi connectivity index (χ4n) is 4.62. The molecule has 0 aromatic rings. The zero-order valence-corrected chi connectivity index (χ0v) is 23.0. The molecule has 0 aliphatic heterocycles. The van der Waals surface area contributed by atoms with E-state index in [-0.39, 0.29) is 0 Å². The van der Waals surface area contributed by atoms with E-state index in [0.717, 1.165) is 0 Å². The van der Waals surface area contributed by atoms with Gasteiger partial charge in [0.2, 0.25) is 0 Å². The molecule has 1 heteroatoms. The molecule has 0 aromatic carbocycles. The van der Waals surface area contributed by atoms with E-state index in [2.05, 4.69) is 38.1 Å². The Morgan fingerprint density at radius 2 is 0.656 bits per heavy atom. The first-order valence-electron chi connectivity index (χ1n) is 15.1. The number of hydrogen-bond donors (Lipinski definition) is 0. The van der Waals surface area contributed by atoms with E-state index < -0.39 is 0 Å². The first kappa shape index (κ1) is 31.7. The summed E-state index contributed by atoms with van der Waals surface area (Å²) >= 11 is 0. The lowest BCUT2D eigenvalue weighted by atomic mass is 10.0. The molecule has 0 amide bonds. The molecule has 0 unspecified atom stereocenters. The molecule has 192 valence electrons. The second-order valence-electron chi connectivity index (χ2n) is 10.6. The molecule has 0 N–H and O–H groups in total. The minimum absolute atomic E-state index is 1.18. The predicted molar refractivity (Wildman–Crippen MR) is 149 cm³/mol. The van der Waals surface area contributed by atoms with Crippen LogP contribution in [-0.4, -0.2) is 25.5 Å². The van der Waals surface area contributed by atoms with Crippen molar-refractivity contribution >= 4 is 0 Å². The fourth-order valence-corrected chi connectivity index (χ4v) is 4.62. The van der Waals surface area contributed by atoms with Gasteiger partial charge in [0.1, 0.15) is 0 Å². The molecule has 0 fully saturated rings. The largest absolute Gasteiger partial charge is 0.309 e. The Hall–Kier alpha value is -0.300. The van der Waals surface area contributed by atoms with Crippen molar-refractivity contribution in [3.63, 3.8) is 0 Å². The van der Waals surface area contributed by atoms with E-state index in [1.165, 1.54) is 167 Å². The van der Waals surface area contributed by atoms with Crippen LogP contribution in [-0.2, 0) is 0 Å². The monoisotopic (exact) mass is 449 g/mol. The molecule has 0 heterocycles. The van der Waals surface area contributed by atoms with Crippen molar-refractivity contribution in [1.29, 1.82) is 0 Å². The van der Waals surface area contributed by atoms with Crippen LogP contribution in [0.1, 0.15) is 167 Å². The summed E-state index contributed by atoms with van der Waals surface area (Å²) in [7, 11) is 4.29. The van der Waals surface area contributed by atoms with E-state index in [1.54, 1.807) is 0 Å². The van der Waals surface area contributed by atoms with Crippen LogP contribution in [0.2, 0.25) is 0 Å². The van der Waals surface area contributed by atoms with Gasteiger partial charge in [-0.3, -0.25) is 0 Å². The van der Waals surface area contributed by atoms with Crippen LogP contribution in [0.3, 0.4) is 0 Å². The van der Waals surface area contributed by atoms with Gasteiger partial charge < -0.3 is 4.90 Å². The molecule has 0 radical (unpaired) electrons. The van der Waals surface area contributed by atoms with E-state index in [0.29, 0.717) is 0 Å². The highest BCUT2D eigenvalue weighted by Crippen LogP contribution is 2.15. The highest BCUT2D eigenvalue weighted by atomic mass is 15.0. The maximum Gasteiger partial charge on any atom is 0.000980 e. The molecule has 1 nitrogen and oxygen atoms in total. The molecule has 0 saturated heterocycles. The minimum Gasteiger partial charge on any atom is -0.309 e. The Labute approximate surface area is 205 Å². The summed E-state index contributed by atoms with van der Waals surface area (Å²) in [4.78, 5) is 2.25. The highest BCUT2D eigenvalue weighted by molar-refractivity contribution is 4.81. The van der Waals surface area contributed by atoms with Gasteiger partial charge in [-0.05, 0) is 33.4 Å². The Kier molecular flexibility index (Phi) is 28.5. The fraction of sp³-hybridized carbons (Fsp3) is 0.935. The third-order valence-electron chi connectivity index (χ3n) is 6.88. The van der Waals surface area contributed by atoms with Gasteiger partial charge in [0.05, 0.1) is 0 Å². The first-order chi connectivity index (χ1) is 15.8. The molecular weight excluding hydrogens is 386 g/mol. The summed E-state index contributed by atoms with van der Waals surface area (Å²) in [5.74, 6) is 0. The Morgan fingerprint density at radius 1 is 0.375 bits per heavy atom. The number of rotatable bonds is 27. The van der Waals surface area contributed by atoms with Crippen molar-refractivity contribution in [2.45, 2.75) is 167 Å². The number of allylic oxidation sites excluding steroid dienone is 1. The quantitative estimate of drug-likeness (QED) is 0.0889. The van der Waals surface area contributed by atoms with Crippen molar-refractivity contribution in [3.05, 3.63) is 12.2 Å². The van der Waals surface area contributed by atoms with Crippen LogP contribution in [0.15, 0.2) is 12.2 Å². The van der Waals surface area contributed by atoms with Crippen LogP contribution in [0, 0.1) is 0 Å². The van der Waals surface area contributed by atoms with Crippen LogP contribution in [0.4, 0.5) is 0 Å². The second kappa shape index (κ2) is 28.7. The molecule has 0 bridgehead atoms. The highest BCUT2D eigenvalue weighted by Gasteiger charge is 1.96. The zero-order valence-electron chi connectivity index (χ0n) is 23.0. The Balaban J connectivity index is 3.04. The van der Waals surface area contributed by atoms with Crippen LogP contribution in [0.25, 0.3) is 0 Å². The maximum atomic E-state index is 2.39.